The average molecular weight is 306 g/mol. The van der Waals surface area contributed by atoms with Gasteiger partial charge in [-0.25, -0.2) is 9.59 Å². The van der Waals surface area contributed by atoms with Gasteiger partial charge in [0.15, 0.2) is 0 Å². The van der Waals surface area contributed by atoms with Gasteiger partial charge in [-0.15, -0.1) is 0 Å². The lowest BCUT2D eigenvalue weighted by atomic mass is 10.0. The Morgan fingerprint density at radius 1 is 1.42 bits per heavy atom. The van der Waals surface area contributed by atoms with E-state index in [2.05, 4.69) is 10.6 Å². The van der Waals surface area contributed by atoms with Gasteiger partial charge in [-0.3, -0.25) is 0 Å². The summed E-state index contributed by atoms with van der Waals surface area (Å²) < 4.78 is 0. The van der Waals surface area contributed by atoms with Crippen LogP contribution in [-0.2, 0) is 4.79 Å². The molecule has 3 N–H and O–H groups in total. The molecule has 0 spiro atoms. The first-order valence-electron chi connectivity index (χ1n) is 6.47. The van der Waals surface area contributed by atoms with Crippen molar-refractivity contribution in [3.05, 3.63) is 0 Å². The number of rotatable bonds is 7. The summed E-state index contributed by atoms with van der Waals surface area (Å²) in [5.74, 6) is 2.58. The summed E-state index contributed by atoms with van der Waals surface area (Å²) in [7, 11) is 0. The summed E-state index contributed by atoms with van der Waals surface area (Å²) in [6, 6.07) is -1.17. The minimum atomic E-state index is -0.974. The van der Waals surface area contributed by atoms with Crippen molar-refractivity contribution < 1.29 is 14.7 Å². The minimum Gasteiger partial charge on any atom is -0.480 e. The van der Waals surface area contributed by atoms with Crippen molar-refractivity contribution in [3.63, 3.8) is 0 Å². The number of hydrogen-bond donors (Lipinski definition) is 3. The van der Waals surface area contributed by atoms with Crippen LogP contribution in [0.4, 0.5) is 4.79 Å². The SMILES string of the molecule is CSCC[C@@H](NC(=O)NCC1CCSCC1)C(=O)O. The first kappa shape index (κ1) is 16.5. The fraction of sp³-hybridized carbons (Fsp3) is 0.833. The maximum absolute atomic E-state index is 11.7. The van der Waals surface area contributed by atoms with Gasteiger partial charge in [0.25, 0.3) is 0 Å². The topological polar surface area (TPSA) is 78.4 Å². The van der Waals surface area contributed by atoms with E-state index in [9.17, 15) is 9.59 Å². The molecule has 1 fully saturated rings. The van der Waals surface area contributed by atoms with Gasteiger partial charge >= 0.3 is 12.0 Å². The Hall–Kier alpha value is -0.560. The van der Waals surface area contributed by atoms with E-state index in [4.69, 9.17) is 5.11 Å². The van der Waals surface area contributed by atoms with Gasteiger partial charge in [-0.2, -0.15) is 23.5 Å². The van der Waals surface area contributed by atoms with Crippen molar-refractivity contribution in [1.29, 1.82) is 0 Å². The standard InChI is InChI=1S/C12H22N2O3S2/c1-18-5-4-10(11(15)16)14-12(17)13-8-9-2-6-19-7-3-9/h9-10H,2-8H2,1H3,(H,15,16)(H2,13,14,17)/t10-/m1/s1. The molecule has 1 rings (SSSR count). The van der Waals surface area contributed by atoms with Crippen LogP contribution < -0.4 is 10.6 Å². The van der Waals surface area contributed by atoms with Crippen LogP contribution in [0.2, 0.25) is 0 Å². The van der Waals surface area contributed by atoms with Crippen LogP contribution in [0.5, 0.6) is 0 Å². The minimum absolute atomic E-state index is 0.369. The summed E-state index contributed by atoms with van der Waals surface area (Å²) >= 11 is 3.52. The molecular formula is C12H22N2O3S2. The molecule has 19 heavy (non-hydrogen) atoms. The lowest BCUT2D eigenvalue weighted by molar-refractivity contribution is -0.139. The van der Waals surface area contributed by atoms with Crippen LogP contribution in [0.3, 0.4) is 0 Å². The van der Waals surface area contributed by atoms with Gasteiger partial charge in [0.2, 0.25) is 0 Å². The number of nitrogens with one attached hydrogen (secondary N) is 2. The monoisotopic (exact) mass is 306 g/mol. The maximum atomic E-state index is 11.7. The summed E-state index contributed by atoms with van der Waals surface area (Å²) in [6.07, 6.45) is 4.61. The van der Waals surface area contributed by atoms with Crippen molar-refractivity contribution in [1.82, 2.24) is 10.6 Å². The van der Waals surface area contributed by atoms with E-state index in [0.29, 0.717) is 18.9 Å². The van der Waals surface area contributed by atoms with Gasteiger partial charge in [0.05, 0.1) is 0 Å². The zero-order chi connectivity index (χ0) is 14.1. The molecule has 5 nitrogen and oxygen atoms in total. The van der Waals surface area contributed by atoms with E-state index in [1.54, 1.807) is 11.8 Å². The number of amides is 2. The number of carbonyl (C=O) groups is 2. The fourth-order valence-corrected chi connectivity index (χ4v) is 3.57. The van der Waals surface area contributed by atoms with E-state index in [0.717, 1.165) is 30.1 Å². The second kappa shape index (κ2) is 9.36. The van der Waals surface area contributed by atoms with Crippen molar-refractivity contribution in [3.8, 4) is 0 Å². The zero-order valence-electron chi connectivity index (χ0n) is 11.2. The third kappa shape index (κ3) is 6.96. The molecule has 0 aromatic heterocycles. The van der Waals surface area contributed by atoms with E-state index in [1.807, 2.05) is 18.0 Å². The molecule has 0 aliphatic carbocycles. The largest absolute Gasteiger partial charge is 0.480 e. The van der Waals surface area contributed by atoms with Crippen LogP contribution in [0, 0.1) is 5.92 Å². The number of carboxylic acid groups (broad SMARTS) is 1. The first-order chi connectivity index (χ1) is 9.13. The number of urea groups is 1. The predicted molar refractivity (Wildman–Crippen MR) is 81.0 cm³/mol. The van der Waals surface area contributed by atoms with Crippen molar-refractivity contribution in [2.75, 3.05) is 30.1 Å². The van der Waals surface area contributed by atoms with Crippen molar-refractivity contribution >= 4 is 35.5 Å². The van der Waals surface area contributed by atoms with Gasteiger partial charge in [-0.1, -0.05) is 0 Å². The molecule has 0 unspecified atom stereocenters. The zero-order valence-corrected chi connectivity index (χ0v) is 12.8. The van der Waals surface area contributed by atoms with Crippen LogP contribution in [0.25, 0.3) is 0 Å². The van der Waals surface area contributed by atoms with Crippen LogP contribution >= 0.6 is 23.5 Å². The van der Waals surface area contributed by atoms with Crippen LogP contribution in [0.1, 0.15) is 19.3 Å². The molecular weight excluding hydrogens is 284 g/mol. The molecule has 1 atom stereocenters. The molecule has 0 aromatic carbocycles. The average Bonchev–Trinajstić information content (AvgIpc) is 2.42. The Morgan fingerprint density at radius 3 is 2.68 bits per heavy atom. The Kier molecular flexibility index (Phi) is 8.13. The maximum Gasteiger partial charge on any atom is 0.326 e. The van der Waals surface area contributed by atoms with E-state index >= 15 is 0 Å². The number of carbonyl (C=O) groups excluding carboxylic acids is 1. The molecule has 110 valence electrons. The number of aliphatic carboxylic acids is 1. The number of hydrogen-bond acceptors (Lipinski definition) is 4. The molecule has 1 saturated heterocycles. The lowest BCUT2D eigenvalue weighted by Crippen LogP contribution is -2.47. The lowest BCUT2D eigenvalue weighted by Gasteiger charge is -2.22. The third-order valence-electron chi connectivity index (χ3n) is 3.11. The number of thioether (sulfide) groups is 2. The fourth-order valence-electron chi connectivity index (χ4n) is 1.89. The number of carboxylic acids is 1. The van der Waals surface area contributed by atoms with Crippen molar-refractivity contribution in [2.24, 2.45) is 5.92 Å². The quantitative estimate of drug-likeness (QED) is 0.666. The molecule has 0 radical (unpaired) electrons. The highest BCUT2D eigenvalue weighted by atomic mass is 32.2. The molecule has 0 saturated carbocycles. The summed E-state index contributed by atoms with van der Waals surface area (Å²) in [5, 5.41) is 14.3. The van der Waals surface area contributed by atoms with E-state index < -0.39 is 12.0 Å². The highest BCUT2D eigenvalue weighted by Gasteiger charge is 2.20. The molecule has 1 heterocycles. The Morgan fingerprint density at radius 2 is 2.11 bits per heavy atom. The summed E-state index contributed by atoms with van der Waals surface area (Å²) in [4.78, 5) is 22.7. The predicted octanol–water partition coefficient (Wildman–Crippen LogP) is 1.64. The Balaban J connectivity index is 2.25. The van der Waals surface area contributed by atoms with Gasteiger partial charge < -0.3 is 15.7 Å². The van der Waals surface area contributed by atoms with Gasteiger partial charge in [0.1, 0.15) is 6.04 Å². The third-order valence-corrected chi connectivity index (χ3v) is 4.80. The van der Waals surface area contributed by atoms with Crippen LogP contribution in [0.15, 0.2) is 0 Å². The highest BCUT2D eigenvalue weighted by molar-refractivity contribution is 7.99. The molecule has 7 heteroatoms. The molecule has 2 amide bonds. The smallest absolute Gasteiger partial charge is 0.326 e. The molecule has 0 bridgehead atoms. The molecule has 0 aromatic rings. The Labute approximate surface area is 122 Å². The summed E-state index contributed by atoms with van der Waals surface area (Å²) in [6.45, 7) is 0.640. The second-order valence-corrected chi connectivity index (χ2v) is 6.79. The van der Waals surface area contributed by atoms with E-state index in [-0.39, 0.29) is 6.03 Å². The first-order valence-corrected chi connectivity index (χ1v) is 9.02. The molecule has 1 aliphatic rings. The second-order valence-electron chi connectivity index (χ2n) is 4.58. The highest BCUT2D eigenvalue weighted by Crippen LogP contribution is 2.21. The van der Waals surface area contributed by atoms with Crippen LogP contribution in [-0.4, -0.2) is 53.2 Å². The van der Waals surface area contributed by atoms with Crippen molar-refractivity contribution in [2.45, 2.75) is 25.3 Å². The normalized spacial score (nSPS) is 17.7. The van der Waals surface area contributed by atoms with Gasteiger partial charge in [0, 0.05) is 6.54 Å². The molecule has 1 aliphatic heterocycles. The van der Waals surface area contributed by atoms with Gasteiger partial charge in [-0.05, 0) is 48.7 Å². The Bertz CT molecular complexity index is 297. The summed E-state index contributed by atoms with van der Waals surface area (Å²) in [5.41, 5.74) is 0. The van der Waals surface area contributed by atoms with E-state index in [1.165, 1.54) is 0 Å².